The summed E-state index contributed by atoms with van der Waals surface area (Å²) in [4.78, 5) is 14.5. The van der Waals surface area contributed by atoms with Crippen molar-refractivity contribution in [2.75, 3.05) is 26.3 Å². The molecule has 0 bridgehead atoms. The van der Waals surface area contributed by atoms with Crippen LogP contribution < -0.4 is 0 Å². The first-order chi connectivity index (χ1) is 13.8. The lowest BCUT2D eigenvalue weighted by Gasteiger charge is -2.32. The summed E-state index contributed by atoms with van der Waals surface area (Å²) in [6.45, 7) is 4.19. The van der Waals surface area contributed by atoms with Crippen molar-refractivity contribution in [1.29, 1.82) is 0 Å². The zero-order chi connectivity index (χ0) is 19.2. The number of ether oxygens (including phenoxy) is 2. The Morgan fingerprint density at radius 2 is 1.89 bits per heavy atom. The molecule has 1 saturated heterocycles. The van der Waals surface area contributed by atoms with E-state index in [0.717, 1.165) is 25.2 Å². The zero-order valence-corrected chi connectivity index (χ0v) is 16.0. The third kappa shape index (κ3) is 4.80. The van der Waals surface area contributed by atoms with E-state index >= 15 is 0 Å². The Morgan fingerprint density at radius 3 is 2.79 bits per heavy atom. The van der Waals surface area contributed by atoms with Gasteiger partial charge in [0.1, 0.15) is 12.7 Å². The Labute approximate surface area is 165 Å². The normalized spacial score (nSPS) is 17.6. The van der Waals surface area contributed by atoms with Gasteiger partial charge in [0.2, 0.25) is 0 Å². The van der Waals surface area contributed by atoms with Crippen molar-refractivity contribution in [2.24, 2.45) is 0 Å². The lowest BCUT2D eigenvalue weighted by molar-refractivity contribution is -0.150. The van der Waals surface area contributed by atoms with Gasteiger partial charge in [0.05, 0.1) is 13.0 Å². The molecule has 0 saturated carbocycles. The molecule has 3 aromatic rings. The van der Waals surface area contributed by atoms with Crippen LogP contribution in [0.3, 0.4) is 0 Å². The first kappa shape index (κ1) is 18.7. The highest BCUT2D eigenvalue weighted by atomic mass is 16.6. The summed E-state index contributed by atoms with van der Waals surface area (Å²) in [5.74, 6) is -0.179. The van der Waals surface area contributed by atoms with Gasteiger partial charge in [-0.05, 0) is 23.1 Å². The third-order valence-electron chi connectivity index (χ3n) is 5.14. The lowest BCUT2D eigenvalue weighted by Crippen LogP contribution is -2.44. The molecule has 0 spiro atoms. The molecule has 1 atom stereocenters. The van der Waals surface area contributed by atoms with Gasteiger partial charge in [0.15, 0.2) is 0 Å². The van der Waals surface area contributed by atoms with Gasteiger partial charge in [-0.1, -0.05) is 48.5 Å². The van der Waals surface area contributed by atoms with Crippen molar-refractivity contribution in [3.05, 3.63) is 72.4 Å². The van der Waals surface area contributed by atoms with Gasteiger partial charge in [0, 0.05) is 37.9 Å². The summed E-state index contributed by atoms with van der Waals surface area (Å²) < 4.78 is 13.4. The van der Waals surface area contributed by atoms with E-state index in [1.807, 2.05) is 24.4 Å². The molecule has 28 heavy (non-hydrogen) atoms. The lowest BCUT2D eigenvalue weighted by atomic mass is 10.2. The van der Waals surface area contributed by atoms with E-state index in [9.17, 15) is 4.79 Å². The average molecular weight is 378 g/mol. The van der Waals surface area contributed by atoms with Crippen LogP contribution in [0.2, 0.25) is 0 Å². The number of hydrogen-bond acceptors (Lipinski definition) is 4. The van der Waals surface area contributed by atoms with Gasteiger partial charge in [-0.2, -0.15) is 0 Å². The molecule has 1 unspecified atom stereocenters. The molecule has 1 aliphatic rings. The van der Waals surface area contributed by atoms with Crippen LogP contribution >= 0.6 is 0 Å². The summed E-state index contributed by atoms with van der Waals surface area (Å²) >= 11 is 0. The van der Waals surface area contributed by atoms with E-state index < -0.39 is 0 Å². The molecule has 4 rings (SSSR count). The fourth-order valence-corrected chi connectivity index (χ4v) is 3.67. The van der Waals surface area contributed by atoms with Crippen LogP contribution in [-0.4, -0.2) is 47.8 Å². The molecule has 1 aromatic heterocycles. The minimum absolute atomic E-state index is 0.0613. The van der Waals surface area contributed by atoms with Crippen molar-refractivity contribution in [3.8, 4) is 0 Å². The maximum absolute atomic E-state index is 12.2. The summed E-state index contributed by atoms with van der Waals surface area (Å²) in [5.41, 5.74) is 2.43. The van der Waals surface area contributed by atoms with Crippen LogP contribution in [-0.2, 0) is 27.4 Å². The highest BCUT2D eigenvalue weighted by Crippen LogP contribution is 2.16. The van der Waals surface area contributed by atoms with E-state index in [-0.39, 0.29) is 12.1 Å². The number of aryl methyl sites for hydroxylation is 1. The summed E-state index contributed by atoms with van der Waals surface area (Å²) in [5, 5.41) is 1.19. The number of fused-ring (bicyclic) bond motifs is 1. The second-order valence-corrected chi connectivity index (χ2v) is 7.21. The predicted octanol–water partition coefficient (Wildman–Crippen LogP) is 3.48. The largest absolute Gasteiger partial charge is 0.463 e. The minimum Gasteiger partial charge on any atom is -0.463 e. The molecule has 2 heterocycles. The van der Waals surface area contributed by atoms with Crippen molar-refractivity contribution in [2.45, 2.75) is 25.6 Å². The Balaban J connectivity index is 1.22. The molecule has 2 aromatic carbocycles. The molecule has 0 N–H and O–H groups in total. The topological polar surface area (TPSA) is 43.7 Å². The monoisotopic (exact) mass is 378 g/mol. The van der Waals surface area contributed by atoms with Crippen molar-refractivity contribution in [3.63, 3.8) is 0 Å². The molecular formula is C23H26N2O3. The maximum Gasteiger partial charge on any atom is 0.307 e. The van der Waals surface area contributed by atoms with E-state index in [2.05, 4.69) is 51.9 Å². The molecule has 0 radical (unpaired) electrons. The number of morpholine rings is 1. The molecular weight excluding hydrogens is 352 g/mol. The third-order valence-corrected chi connectivity index (χ3v) is 5.14. The minimum atomic E-state index is -0.179. The fourth-order valence-electron chi connectivity index (χ4n) is 3.67. The van der Waals surface area contributed by atoms with Gasteiger partial charge >= 0.3 is 5.97 Å². The SMILES string of the molecule is O=C(CCn1ccc2ccccc21)OCC1CN(Cc2ccccc2)CCO1. The second kappa shape index (κ2) is 9.04. The van der Waals surface area contributed by atoms with Crippen LogP contribution in [0.4, 0.5) is 0 Å². The van der Waals surface area contributed by atoms with Crippen LogP contribution in [0.5, 0.6) is 0 Å². The molecule has 5 heteroatoms. The number of esters is 1. The smallest absolute Gasteiger partial charge is 0.307 e. The van der Waals surface area contributed by atoms with Crippen LogP contribution in [0.25, 0.3) is 10.9 Å². The second-order valence-electron chi connectivity index (χ2n) is 7.21. The van der Waals surface area contributed by atoms with E-state index in [1.165, 1.54) is 10.9 Å². The summed E-state index contributed by atoms with van der Waals surface area (Å²) in [7, 11) is 0. The molecule has 0 amide bonds. The number of nitrogens with zero attached hydrogens (tertiary/aromatic N) is 2. The van der Waals surface area contributed by atoms with E-state index in [1.54, 1.807) is 0 Å². The van der Waals surface area contributed by atoms with E-state index in [0.29, 0.717) is 26.2 Å². The number of aromatic nitrogens is 1. The van der Waals surface area contributed by atoms with Gasteiger partial charge < -0.3 is 14.0 Å². The molecule has 146 valence electrons. The van der Waals surface area contributed by atoms with Crippen molar-refractivity contribution >= 4 is 16.9 Å². The number of para-hydroxylation sites is 1. The first-order valence-electron chi connectivity index (χ1n) is 9.85. The van der Waals surface area contributed by atoms with Gasteiger partial charge in [-0.3, -0.25) is 9.69 Å². The van der Waals surface area contributed by atoms with Gasteiger partial charge in [-0.25, -0.2) is 0 Å². The Kier molecular flexibility index (Phi) is 6.04. The highest BCUT2D eigenvalue weighted by Gasteiger charge is 2.22. The quantitative estimate of drug-likeness (QED) is 0.591. The molecule has 0 aliphatic carbocycles. The Morgan fingerprint density at radius 1 is 1.07 bits per heavy atom. The standard InChI is InChI=1S/C23H26N2O3/c26-23(11-13-25-12-10-20-8-4-5-9-22(20)25)28-18-21-17-24(14-15-27-21)16-19-6-2-1-3-7-19/h1-10,12,21H,11,13-18H2. The zero-order valence-electron chi connectivity index (χ0n) is 16.0. The number of benzene rings is 2. The maximum atomic E-state index is 12.2. The number of carbonyl (C=O) groups is 1. The van der Waals surface area contributed by atoms with Crippen LogP contribution in [0.1, 0.15) is 12.0 Å². The number of carbonyl (C=O) groups excluding carboxylic acids is 1. The van der Waals surface area contributed by atoms with Gasteiger partial charge in [0.25, 0.3) is 0 Å². The Hall–Kier alpha value is -2.63. The number of rotatable bonds is 7. The summed E-state index contributed by atoms with van der Waals surface area (Å²) in [6, 6.07) is 20.7. The predicted molar refractivity (Wildman–Crippen MR) is 109 cm³/mol. The molecule has 5 nitrogen and oxygen atoms in total. The summed E-state index contributed by atoms with van der Waals surface area (Å²) in [6.07, 6.45) is 2.32. The molecule has 1 fully saturated rings. The average Bonchev–Trinajstić information content (AvgIpc) is 3.15. The highest BCUT2D eigenvalue weighted by molar-refractivity contribution is 5.80. The molecule has 1 aliphatic heterocycles. The fraction of sp³-hybridized carbons (Fsp3) is 0.348. The van der Waals surface area contributed by atoms with Crippen molar-refractivity contribution < 1.29 is 14.3 Å². The van der Waals surface area contributed by atoms with E-state index in [4.69, 9.17) is 9.47 Å². The van der Waals surface area contributed by atoms with Gasteiger partial charge in [-0.15, -0.1) is 0 Å². The van der Waals surface area contributed by atoms with Crippen LogP contribution in [0.15, 0.2) is 66.9 Å². The number of hydrogen-bond donors (Lipinski definition) is 0. The van der Waals surface area contributed by atoms with Crippen molar-refractivity contribution in [1.82, 2.24) is 9.47 Å². The van der Waals surface area contributed by atoms with Crippen LogP contribution in [0, 0.1) is 0 Å². The Bertz CT molecular complexity index is 906. The first-order valence-corrected chi connectivity index (χ1v) is 9.85.